The zero-order valence-corrected chi connectivity index (χ0v) is 29.4. The van der Waals surface area contributed by atoms with Crippen LogP contribution in [0.5, 0.6) is 0 Å². The Kier molecular flexibility index (Phi) is 12.2. The lowest BCUT2D eigenvalue weighted by atomic mass is 9.71. The van der Waals surface area contributed by atoms with Gasteiger partial charge in [-0.25, -0.2) is 14.8 Å². The number of allylic oxidation sites excluding steroid dienone is 2. The van der Waals surface area contributed by atoms with Gasteiger partial charge in [-0.15, -0.1) is 0 Å². The van der Waals surface area contributed by atoms with Crippen molar-refractivity contribution in [3.63, 3.8) is 0 Å². The maximum absolute atomic E-state index is 13.1. The third kappa shape index (κ3) is 11.5. The predicted molar refractivity (Wildman–Crippen MR) is 184 cm³/mol. The molecule has 0 saturated heterocycles. The zero-order valence-electron chi connectivity index (χ0n) is 29.4. The number of esters is 1. The monoisotopic (exact) mass is 646 g/mol. The van der Waals surface area contributed by atoms with E-state index < -0.39 is 29.2 Å². The fourth-order valence-electron chi connectivity index (χ4n) is 6.57. The minimum atomic E-state index is -0.702. The van der Waals surface area contributed by atoms with Gasteiger partial charge in [-0.05, 0) is 103 Å². The molecule has 9 heteroatoms. The third-order valence-electron chi connectivity index (χ3n) is 9.07. The Hall–Kier alpha value is -3.75. The van der Waals surface area contributed by atoms with Crippen molar-refractivity contribution in [3.8, 4) is 11.4 Å². The maximum atomic E-state index is 13.1. The van der Waals surface area contributed by atoms with Crippen molar-refractivity contribution in [1.29, 1.82) is 0 Å². The molecule has 1 aromatic heterocycles. The zero-order chi connectivity index (χ0) is 34.2. The van der Waals surface area contributed by atoms with Crippen LogP contribution in [0.4, 0.5) is 4.79 Å². The summed E-state index contributed by atoms with van der Waals surface area (Å²) in [6.07, 6.45) is 16.0. The minimum absolute atomic E-state index is 0.156. The van der Waals surface area contributed by atoms with Gasteiger partial charge in [-0.1, -0.05) is 56.5 Å². The van der Waals surface area contributed by atoms with Crippen LogP contribution in [-0.4, -0.2) is 57.1 Å². The number of alkyl carbamates (subject to hydrolysis) is 1. The van der Waals surface area contributed by atoms with Gasteiger partial charge in [-0.2, -0.15) is 0 Å². The standard InChI is InChI=1S/C38H54N4O5/c1-8-26-9-13-28(14-10-26)29-17-19-30(20-18-29)32-21-39-35(40-22-32)31-15-11-27(12-16-31)24-42(25-34(44)46-37(2,3)4)33(43)23-41-36(45)47-38(5,6)7/h11-12,15-16,19,21-22,26,28-29H,8-10,13-14,17-18,20,23-25H2,1-7H3,(H,41,45). The van der Waals surface area contributed by atoms with Crippen molar-refractivity contribution in [2.24, 2.45) is 17.8 Å². The molecule has 1 unspecified atom stereocenters. The molecule has 4 rings (SSSR count). The van der Waals surface area contributed by atoms with Crippen molar-refractivity contribution in [2.75, 3.05) is 13.1 Å². The van der Waals surface area contributed by atoms with E-state index in [4.69, 9.17) is 9.47 Å². The molecule has 1 saturated carbocycles. The molecule has 1 fully saturated rings. The first kappa shape index (κ1) is 36.1. The molecule has 0 radical (unpaired) electrons. The topological polar surface area (TPSA) is 111 Å². The van der Waals surface area contributed by atoms with E-state index in [0.29, 0.717) is 5.82 Å². The number of carbonyl (C=O) groups excluding carboxylic acids is 3. The average Bonchev–Trinajstić information content (AvgIpc) is 3.02. The molecule has 2 aliphatic carbocycles. The van der Waals surface area contributed by atoms with E-state index in [9.17, 15) is 14.4 Å². The van der Waals surface area contributed by atoms with Crippen LogP contribution < -0.4 is 5.32 Å². The molecule has 1 heterocycles. The maximum Gasteiger partial charge on any atom is 0.408 e. The molecular weight excluding hydrogens is 592 g/mol. The van der Waals surface area contributed by atoms with E-state index in [2.05, 4.69) is 28.3 Å². The Morgan fingerprint density at radius 2 is 1.49 bits per heavy atom. The van der Waals surface area contributed by atoms with Crippen molar-refractivity contribution in [3.05, 3.63) is 53.9 Å². The summed E-state index contributed by atoms with van der Waals surface area (Å²) >= 11 is 0. The summed E-state index contributed by atoms with van der Waals surface area (Å²) in [7, 11) is 0. The highest BCUT2D eigenvalue weighted by Crippen LogP contribution is 2.41. The average molecular weight is 647 g/mol. The van der Waals surface area contributed by atoms with Crippen LogP contribution in [0.2, 0.25) is 0 Å². The number of nitrogens with one attached hydrogen (secondary N) is 1. The van der Waals surface area contributed by atoms with E-state index in [0.717, 1.165) is 47.3 Å². The molecular formula is C38H54N4O5. The predicted octanol–water partition coefficient (Wildman–Crippen LogP) is 7.74. The summed E-state index contributed by atoms with van der Waals surface area (Å²) in [5.74, 6) is 2.30. The van der Waals surface area contributed by atoms with E-state index in [-0.39, 0.29) is 19.6 Å². The van der Waals surface area contributed by atoms with Crippen LogP contribution in [0, 0.1) is 17.8 Å². The summed E-state index contributed by atoms with van der Waals surface area (Å²) in [4.78, 5) is 48.6. The number of amides is 2. The van der Waals surface area contributed by atoms with Crippen LogP contribution in [0.15, 0.2) is 42.7 Å². The fraction of sp³-hybridized carbons (Fsp3) is 0.605. The number of benzene rings is 1. The highest BCUT2D eigenvalue weighted by Gasteiger charge is 2.29. The molecule has 0 bridgehead atoms. The lowest BCUT2D eigenvalue weighted by molar-refractivity contribution is -0.159. The minimum Gasteiger partial charge on any atom is -0.459 e. The van der Waals surface area contributed by atoms with Gasteiger partial charge in [0.2, 0.25) is 5.91 Å². The number of nitrogens with zero attached hydrogens (tertiary/aromatic N) is 3. The highest BCUT2D eigenvalue weighted by atomic mass is 16.6. The number of hydrogen-bond acceptors (Lipinski definition) is 7. The fourth-order valence-corrected chi connectivity index (χ4v) is 6.57. The van der Waals surface area contributed by atoms with Crippen LogP contribution >= 0.6 is 0 Å². The van der Waals surface area contributed by atoms with E-state index >= 15 is 0 Å². The lowest BCUT2D eigenvalue weighted by Gasteiger charge is -2.35. The van der Waals surface area contributed by atoms with Crippen molar-refractivity contribution < 1.29 is 23.9 Å². The van der Waals surface area contributed by atoms with Gasteiger partial charge in [0, 0.05) is 30.1 Å². The molecule has 9 nitrogen and oxygen atoms in total. The number of ether oxygens (including phenoxy) is 2. The summed E-state index contributed by atoms with van der Waals surface area (Å²) < 4.78 is 10.7. The lowest BCUT2D eigenvalue weighted by Crippen LogP contribution is -2.44. The Morgan fingerprint density at radius 3 is 2.04 bits per heavy atom. The normalized spacial score (nSPS) is 20.1. The van der Waals surface area contributed by atoms with Crippen molar-refractivity contribution in [1.82, 2.24) is 20.2 Å². The molecule has 256 valence electrons. The first-order valence-electron chi connectivity index (χ1n) is 17.3. The Bertz CT molecular complexity index is 1380. The van der Waals surface area contributed by atoms with E-state index in [1.54, 1.807) is 41.5 Å². The summed E-state index contributed by atoms with van der Waals surface area (Å²) in [6, 6.07) is 7.61. The first-order valence-corrected chi connectivity index (χ1v) is 17.3. The number of rotatable bonds is 10. The quantitative estimate of drug-likeness (QED) is 0.263. The molecule has 1 N–H and O–H groups in total. The molecule has 2 aliphatic rings. The van der Waals surface area contributed by atoms with Gasteiger partial charge in [0.05, 0.1) is 0 Å². The largest absolute Gasteiger partial charge is 0.459 e. The van der Waals surface area contributed by atoms with Gasteiger partial charge < -0.3 is 19.7 Å². The van der Waals surface area contributed by atoms with Crippen LogP contribution in [0.1, 0.15) is 111 Å². The van der Waals surface area contributed by atoms with E-state index in [1.807, 2.05) is 36.7 Å². The van der Waals surface area contributed by atoms with Crippen molar-refractivity contribution in [2.45, 2.75) is 118 Å². The third-order valence-corrected chi connectivity index (χ3v) is 9.07. The summed E-state index contributed by atoms with van der Waals surface area (Å²) in [6.45, 7) is 12.5. The second kappa shape index (κ2) is 15.9. The Labute approximate surface area is 280 Å². The highest BCUT2D eigenvalue weighted by molar-refractivity contribution is 5.85. The first-order chi connectivity index (χ1) is 22.2. The summed E-state index contributed by atoms with van der Waals surface area (Å²) in [5.41, 5.74) is 2.72. The Balaban J connectivity index is 1.36. The SMILES string of the molecule is CCC1CCC(C2CC=C(c3cnc(-c4ccc(CN(CC(=O)OC(C)(C)C)C(=O)CNC(=O)OC(C)(C)C)cc4)nc3)CC2)CC1. The van der Waals surface area contributed by atoms with Crippen LogP contribution in [0.25, 0.3) is 17.0 Å². The summed E-state index contributed by atoms with van der Waals surface area (Å²) in [5, 5.41) is 2.48. The molecule has 47 heavy (non-hydrogen) atoms. The molecule has 2 amide bonds. The number of aromatic nitrogens is 2. The van der Waals surface area contributed by atoms with Gasteiger partial charge in [-0.3, -0.25) is 9.59 Å². The smallest absolute Gasteiger partial charge is 0.408 e. The molecule has 0 aliphatic heterocycles. The second-order valence-corrected chi connectivity index (χ2v) is 15.1. The van der Waals surface area contributed by atoms with Crippen molar-refractivity contribution >= 4 is 23.5 Å². The van der Waals surface area contributed by atoms with Gasteiger partial charge in [0.15, 0.2) is 5.82 Å². The Morgan fingerprint density at radius 1 is 0.851 bits per heavy atom. The van der Waals surface area contributed by atoms with Gasteiger partial charge >= 0.3 is 12.1 Å². The molecule has 1 aromatic carbocycles. The molecule has 0 spiro atoms. The molecule has 2 aromatic rings. The number of carbonyl (C=O) groups is 3. The number of hydrogen-bond donors (Lipinski definition) is 1. The van der Waals surface area contributed by atoms with Crippen LogP contribution in [-0.2, 0) is 25.6 Å². The molecule has 1 atom stereocenters. The van der Waals surface area contributed by atoms with Gasteiger partial charge in [0.1, 0.15) is 24.3 Å². The van der Waals surface area contributed by atoms with Crippen LogP contribution in [0.3, 0.4) is 0 Å². The second-order valence-electron chi connectivity index (χ2n) is 15.1. The van der Waals surface area contributed by atoms with E-state index in [1.165, 1.54) is 49.0 Å². The van der Waals surface area contributed by atoms with Gasteiger partial charge in [0.25, 0.3) is 0 Å².